The molecule has 3 atom stereocenters. The van der Waals surface area contributed by atoms with Gasteiger partial charge in [-0.3, -0.25) is 0 Å². The van der Waals surface area contributed by atoms with E-state index in [1.807, 2.05) is 36.4 Å². The van der Waals surface area contributed by atoms with Crippen molar-refractivity contribution in [3.8, 4) is 33.4 Å². The number of rotatable bonds is 6. The second-order valence-electron chi connectivity index (χ2n) is 9.45. The summed E-state index contributed by atoms with van der Waals surface area (Å²) in [5.74, 6) is 0. The average molecular weight is 551 g/mol. The van der Waals surface area contributed by atoms with Gasteiger partial charge in [-0.05, 0) is 97.4 Å². The van der Waals surface area contributed by atoms with E-state index in [0.29, 0.717) is 8.58 Å². The van der Waals surface area contributed by atoms with E-state index in [1.54, 1.807) is 12.5 Å². The largest absolute Gasteiger partial charge is 0.612 e. The molecule has 0 amide bonds. The Hall–Kier alpha value is -2.85. The Morgan fingerprint density at radius 1 is 0.526 bits per heavy atom. The Balaban J connectivity index is 1.51. The van der Waals surface area contributed by atoms with E-state index in [4.69, 9.17) is 0 Å². The fraction of sp³-hybridized carbons (Fsp3) is 0.0909. The van der Waals surface area contributed by atoms with Crippen LogP contribution >= 0.6 is 8.58 Å². The molecular formula is C33H27O2PS2. The first-order chi connectivity index (χ1) is 18.5. The molecule has 0 heterocycles. The third kappa shape index (κ3) is 4.73. The Morgan fingerprint density at radius 3 is 1.45 bits per heavy atom. The van der Waals surface area contributed by atoms with Crippen molar-refractivity contribution in [1.82, 2.24) is 0 Å². The lowest BCUT2D eigenvalue weighted by atomic mass is 9.98. The molecule has 0 saturated carbocycles. The Kier molecular flexibility index (Phi) is 7.18. The summed E-state index contributed by atoms with van der Waals surface area (Å²) >= 11 is -2.15. The fourth-order valence-corrected chi connectivity index (χ4v) is 8.40. The van der Waals surface area contributed by atoms with Crippen LogP contribution in [-0.4, -0.2) is 21.6 Å². The van der Waals surface area contributed by atoms with Gasteiger partial charge >= 0.3 is 0 Å². The summed E-state index contributed by atoms with van der Waals surface area (Å²) < 4.78 is 25.0. The van der Waals surface area contributed by atoms with Crippen LogP contribution in [0.4, 0.5) is 0 Å². The monoisotopic (exact) mass is 550 g/mol. The van der Waals surface area contributed by atoms with Crippen molar-refractivity contribution in [1.29, 1.82) is 0 Å². The summed E-state index contributed by atoms with van der Waals surface area (Å²) in [5.41, 5.74) is 9.57. The molecule has 0 saturated heterocycles. The van der Waals surface area contributed by atoms with Crippen molar-refractivity contribution in [2.24, 2.45) is 0 Å². The fourth-order valence-electron chi connectivity index (χ4n) is 5.36. The molecule has 6 rings (SSSR count). The van der Waals surface area contributed by atoms with Gasteiger partial charge in [-0.25, -0.2) is 0 Å². The molecule has 0 aromatic heterocycles. The quantitative estimate of drug-likeness (QED) is 0.162. The second kappa shape index (κ2) is 10.7. The smallest absolute Gasteiger partial charge is 0.160 e. The summed E-state index contributed by atoms with van der Waals surface area (Å²) in [6.45, 7) is 0. The summed E-state index contributed by atoms with van der Waals surface area (Å²) in [6.07, 6.45) is 3.48. The first-order valence-corrected chi connectivity index (χ1v) is 16.7. The maximum atomic E-state index is 12.5. The number of hydrogen-bond acceptors (Lipinski definition) is 2. The highest BCUT2D eigenvalue weighted by molar-refractivity contribution is 7.91. The van der Waals surface area contributed by atoms with E-state index in [2.05, 4.69) is 78.9 Å². The standard InChI is InChI=1S/C33H27O2PS2/c1-37(34)31-14-8-6-12-25(31)22-16-18-27-28-19-17-23(26-13-7-9-15-32(26)38(2)35)21-30(28)33(29(27)20-22)36-24-10-4-3-5-11-24/h3-21,33,36H,1-2H3. The van der Waals surface area contributed by atoms with Crippen LogP contribution < -0.4 is 5.30 Å². The van der Waals surface area contributed by atoms with Crippen LogP contribution in [0, 0.1) is 0 Å². The molecule has 1 aliphatic carbocycles. The minimum atomic E-state index is -1.07. The van der Waals surface area contributed by atoms with Gasteiger partial charge in [0.25, 0.3) is 0 Å². The molecule has 0 aliphatic heterocycles. The van der Waals surface area contributed by atoms with Gasteiger partial charge in [0.15, 0.2) is 9.79 Å². The van der Waals surface area contributed by atoms with Crippen LogP contribution in [0.15, 0.2) is 125 Å². The molecule has 5 aromatic rings. The zero-order chi connectivity index (χ0) is 26.2. The molecule has 0 spiro atoms. The number of fused-ring (bicyclic) bond motifs is 3. The predicted molar refractivity (Wildman–Crippen MR) is 164 cm³/mol. The topological polar surface area (TPSA) is 46.1 Å². The number of benzene rings is 5. The third-order valence-electron chi connectivity index (χ3n) is 7.12. The first kappa shape index (κ1) is 25.4. The molecule has 2 nitrogen and oxygen atoms in total. The van der Waals surface area contributed by atoms with E-state index < -0.39 is 22.4 Å². The van der Waals surface area contributed by atoms with Gasteiger partial charge < -0.3 is 9.11 Å². The van der Waals surface area contributed by atoms with Crippen LogP contribution in [0.1, 0.15) is 16.8 Å². The highest BCUT2D eigenvalue weighted by Crippen LogP contribution is 2.54. The second-order valence-corrected chi connectivity index (χ2v) is 13.6. The summed E-state index contributed by atoms with van der Waals surface area (Å²) in [5, 5.41) is 1.32. The van der Waals surface area contributed by atoms with Gasteiger partial charge in [0.05, 0.1) is 0 Å². The Morgan fingerprint density at radius 2 is 0.974 bits per heavy atom. The van der Waals surface area contributed by atoms with Gasteiger partial charge in [0.2, 0.25) is 0 Å². The van der Waals surface area contributed by atoms with Crippen LogP contribution in [0.5, 0.6) is 0 Å². The van der Waals surface area contributed by atoms with E-state index in [-0.39, 0.29) is 5.66 Å². The normalized spacial score (nSPS) is 15.8. The molecule has 0 bridgehead atoms. The molecule has 38 heavy (non-hydrogen) atoms. The van der Waals surface area contributed by atoms with E-state index in [0.717, 1.165) is 32.0 Å². The highest BCUT2D eigenvalue weighted by atomic mass is 32.2. The lowest BCUT2D eigenvalue weighted by Crippen LogP contribution is -2.02. The highest BCUT2D eigenvalue weighted by Gasteiger charge is 2.30. The molecule has 0 fully saturated rings. The van der Waals surface area contributed by atoms with E-state index >= 15 is 0 Å². The predicted octanol–water partition coefficient (Wildman–Crippen LogP) is 7.57. The first-order valence-electron chi connectivity index (χ1n) is 12.5. The Bertz CT molecular complexity index is 1510. The van der Waals surface area contributed by atoms with Crippen LogP contribution in [0.3, 0.4) is 0 Å². The molecule has 3 unspecified atom stereocenters. The van der Waals surface area contributed by atoms with Gasteiger partial charge in [-0.1, -0.05) is 87.4 Å². The molecular weight excluding hydrogens is 523 g/mol. The summed E-state index contributed by atoms with van der Waals surface area (Å²) in [4.78, 5) is 1.72. The maximum absolute atomic E-state index is 12.5. The number of hydrogen-bond donors (Lipinski definition) is 0. The SMILES string of the molecule is C[S+]([O-])c1ccccc1-c1ccc2c(c1)C(Pc1ccccc1)c1cc(-c3ccccc3[S+](C)[O-])ccc1-2. The molecule has 188 valence electrons. The summed E-state index contributed by atoms with van der Waals surface area (Å²) in [7, 11) is 0.565. The van der Waals surface area contributed by atoms with Gasteiger partial charge in [0, 0.05) is 16.8 Å². The minimum absolute atomic E-state index is 0.209. The zero-order valence-electron chi connectivity index (χ0n) is 21.2. The molecule has 5 heteroatoms. The molecule has 5 aromatic carbocycles. The zero-order valence-corrected chi connectivity index (χ0v) is 23.8. The van der Waals surface area contributed by atoms with Crippen molar-refractivity contribution in [3.05, 3.63) is 126 Å². The van der Waals surface area contributed by atoms with E-state index in [9.17, 15) is 9.11 Å². The van der Waals surface area contributed by atoms with Crippen LogP contribution in [0.2, 0.25) is 0 Å². The Labute approximate surface area is 232 Å². The van der Waals surface area contributed by atoms with Gasteiger partial charge in [-0.15, -0.1) is 0 Å². The maximum Gasteiger partial charge on any atom is 0.160 e. The molecule has 1 aliphatic rings. The average Bonchev–Trinajstić information content (AvgIpc) is 3.25. The van der Waals surface area contributed by atoms with Crippen molar-refractivity contribution in [3.63, 3.8) is 0 Å². The summed E-state index contributed by atoms with van der Waals surface area (Å²) in [6, 6.07) is 40.0. The van der Waals surface area contributed by atoms with Crippen molar-refractivity contribution in [2.45, 2.75) is 15.4 Å². The molecule has 0 N–H and O–H groups in total. The van der Waals surface area contributed by atoms with Crippen LogP contribution in [-0.2, 0) is 22.4 Å². The van der Waals surface area contributed by atoms with Crippen LogP contribution in [0.25, 0.3) is 33.4 Å². The third-order valence-corrected chi connectivity index (χ3v) is 10.6. The minimum Gasteiger partial charge on any atom is -0.612 e. The van der Waals surface area contributed by atoms with Crippen molar-refractivity contribution >= 4 is 36.2 Å². The molecule has 0 radical (unpaired) electrons. The lowest BCUT2D eigenvalue weighted by molar-refractivity contribution is 0.600. The van der Waals surface area contributed by atoms with Gasteiger partial charge in [0.1, 0.15) is 12.5 Å². The lowest BCUT2D eigenvalue weighted by Gasteiger charge is -2.17. The van der Waals surface area contributed by atoms with Crippen molar-refractivity contribution in [2.75, 3.05) is 12.5 Å². The van der Waals surface area contributed by atoms with Crippen molar-refractivity contribution < 1.29 is 9.11 Å². The van der Waals surface area contributed by atoms with E-state index in [1.165, 1.54) is 27.6 Å². The van der Waals surface area contributed by atoms with Gasteiger partial charge in [-0.2, -0.15) is 0 Å².